The van der Waals surface area contributed by atoms with Crippen LogP contribution in [0.4, 0.5) is 11.4 Å². The van der Waals surface area contributed by atoms with Gasteiger partial charge in [0.05, 0.1) is 12.0 Å². The molecule has 3 N–H and O–H groups in total. The van der Waals surface area contributed by atoms with Crippen molar-refractivity contribution in [2.75, 3.05) is 18.2 Å². The minimum atomic E-state index is -0.467. The number of methoxy groups -OCH3 is 1. The maximum absolute atomic E-state index is 11.7. The lowest BCUT2D eigenvalue weighted by Gasteiger charge is -2.22. The maximum Gasteiger partial charge on any atom is 0.227 e. The van der Waals surface area contributed by atoms with Crippen molar-refractivity contribution >= 4 is 33.2 Å². The summed E-state index contributed by atoms with van der Waals surface area (Å²) >= 11 is 3.30. The Bertz CT molecular complexity index is 419. The Morgan fingerprint density at radius 2 is 2.18 bits per heavy atom. The normalized spacial score (nSPS) is 11.3. The highest BCUT2D eigenvalue weighted by atomic mass is 79.9. The van der Waals surface area contributed by atoms with Crippen molar-refractivity contribution in [3.05, 3.63) is 22.7 Å². The highest BCUT2D eigenvalue weighted by Gasteiger charge is 2.21. The van der Waals surface area contributed by atoms with E-state index in [2.05, 4.69) is 21.2 Å². The zero-order valence-electron chi connectivity index (χ0n) is 10.2. The molecule has 0 aliphatic heterocycles. The Morgan fingerprint density at radius 1 is 1.53 bits per heavy atom. The van der Waals surface area contributed by atoms with Gasteiger partial charge in [0.15, 0.2) is 0 Å². The fraction of sp³-hybridized carbons (Fsp3) is 0.417. The number of amides is 1. The van der Waals surface area contributed by atoms with E-state index in [4.69, 9.17) is 10.5 Å². The number of nitrogens with one attached hydrogen (secondary N) is 1. The molecule has 1 amide bonds. The van der Waals surface area contributed by atoms with E-state index in [0.29, 0.717) is 17.8 Å². The highest BCUT2D eigenvalue weighted by molar-refractivity contribution is 9.10. The molecule has 0 aromatic heterocycles. The van der Waals surface area contributed by atoms with Crippen molar-refractivity contribution < 1.29 is 9.53 Å². The Kier molecular flexibility index (Phi) is 4.54. The Labute approximate surface area is 110 Å². The molecule has 5 heteroatoms. The van der Waals surface area contributed by atoms with Crippen molar-refractivity contribution in [2.24, 2.45) is 0 Å². The van der Waals surface area contributed by atoms with Crippen LogP contribution in [-0.2, 0) is 9.53 Å². The lowest BCUT2D eigenvalue weighted by molar-refractivity contribution is -0.121. The van der Waals surface area contributed by atoms with E-state index in [0.717, 1.165) is 4.47 Å². The van der Waals surface area contributed by atoms with Crippen LogP contribution in [-0.4, -0.2) is 18.6 Å². The first-order valence-electron chi connectivity index (χ1n) is 5.24. The Hall–Kier alpha value is -1.07. The zero-order chi connectivity index (χ0) is 13.1. The summed E-state index contributed by atoms with van der Waals surface area (Å²) in [5.74, 6) is -0.0985. The molecule has 0 saturated heterocycles. The molecule has 4 nitrogen and oxygen atoms in total. The number of hydrogen-bond donors (Lipinski definition) is 2. The topological polar surface area (TPSA) is 64.3 Å². The maximum atomic E-state index is 11.7. The minimum Gasteiger partial charge on any atom is -0.398 e. The first-order valence-corrected chi connectivity index (χ1v) is 6.03. The largest absolute Gasteiger partial charge is 0.398 e. The number of anilines is 2. The van der Waals surface area contributed by atoms with Crippen LogP contribution in [0.25, 0.3) is 0 Å². The van der Waals surface area contributed by atoms with Gasteiger partial charge in [0.2, 0.25) is 5.91 Å². The van der Waals surface area contributed by atoms with Crippen molar-refractivity contribution in [1.29, 1.82) is 0 Å². The molecular weight excluding hydrogens is 284 g/mol. The van der Waals surface area contributed by atoms with Crippen LogP contribution in [0.5, 0.6) is 0 Å². The van der Waals surface area contributed by atoms with E-state index in [-0.39, 0.29) is 5.91 Å². The number of hydrogen-bond acceptors (Lipinski definition) is 3. The van der Waals surface area contributed by atoms with Crippen molar-refractivity contribution in [3.63, 3.8) is 0 Å². The Morgan fingerprint density at radius 3 is 2.71 bits per heavy atom. The first-order chi connectivity index (χ1) is 7.84. The van der Waals surface area contributed by atoms with E-state index in [1.54, 1.807) is 25.3 Å². The smallest absolute Gasteiger partial charge is 0.227 e. The zero-order valence-corrected chi connectivity index (χ0v) is 11.8. The SMILES string of the molecule is COC(C)(C)CC(=O)Nc1ccc(Br)c(N)c1. The quantitative estimate of drug-likeness (QED) is 0.841. The van der Waals surface area contributed by atoms with Crippen LogP contribution in [0.2, 0.25) is 0 Å². The minimum absolute atomic E-state index is 0.0985. The predicted molar refractivity (Wildman–Crippen MR) is 72.9 cm³/mol. The lowest BCUT2D eigenvalue weighted by Crippen LogP contribution is -2.29. The van der Waals surface area contributed by atoms with Gasteiger partial charge in [-0.3, -0.25) is 4.79 Å². The number of ether oxygens (including phenoxy) is 1. The van der Waals surface area contributed by atoms with E-state index in [1.807, 2.05) is 13.8 Å². The van der Waals surface area contributed by atoms with E-state index in [1.165, 1.54) is 0 Å². The standard InChI is InChI=1S/C12H17BrN2O2/c1-12(2,17-3)7-11(16)15-8-4-5-9(13)10(14)6-8/h4-6H,7,14H2,1-3H3,(H,15,16). The van der Waals surface area contributed by atoms with E-state index < -0.39 is 5.60 Å². The van der Waals surface area contributed by atoms with Crippen LogP contribution in [0.3, 0.4) is 0 Å². The second-order valence-electron chi connectivity index (χ2n) is 4.43. The third kappa shape index (κ3) is 4.36. The molecule has 0 spiro atoms. The molecule has 1 aromatic carbocycles. The number of carbonyl (C=O) groups excluding carboxylic acids is 1. The van der Waals surface area contributed by atoms with Gasteiger partial charge in [-0.25, -0.2) is 0 Å². The van der Waals surface area contributed by atoms with Gasteiger partial charge in [-0.2, -0.15) is 0 Å². The van der Waals surface area contributed by atoms with Crippen LogP contribution in [0.1, 0.15) is 20.3 Å². The van der Waals surface area contributed by atoms with Gasteiger partial charge in [0, 0.05) is 23.0 Å². The van der Waals surface area contributed by atoms with Crippen LogP contribution >= 0.6 is 15.9 Å². The number of nitrogen functional groups attached to an aromatic ring is 1. The fourth-order valence-electron chi connectivity index (χ4n) is 1.29. The summed E-state index contributed by atoms with van der Waals surface area (Å²) in [5, 5.41) is 2.78. The average molecular weight is 301 g/mol. The summed E-state index contributed by atoms with van der Waals surface area (Å²) in [6.45, 7) is 3.73. The van der Waals surface area contributed by atoms with Gasteiger partial charge in [0.25, 0.3) is 0 Å². The van der Waals surface area contributed by atoms with Gasteiger partial charge in [-0.05, 0) is 48.0 Å². The van der Waals surface area contributed by atoms with Crippen molar-refractivity contribution in [2.45, 2.75) is 25.9 Å². The van der Waals surface area contributed by atoms with Crippen LogP contribution in [0, 0.1) is 0 Å². The molecule has 0 aliphatic carbocycles. The number of halogens is 1. The summed E-state index contributed by atoms with van der Waals surface area (Å²) in [4.78, 5) is 11.7. The van der Waals surface area contributed by atoms with Gasteiger partial charge >= 0.3 is 0 Å². The van der Waals surface area contributed by atoms with Crippen LogP contribution < -0.4 is 11.1 Å². The molecule has 0 atom stereocenters. The lowest BCUT2D eigenvalue weighted by atomic mass is 10.0. The molecule has 1 aromatic rings. The molecule has 0 bridgehead atoms. The second-order valence-corrected chi connectivity index (χ2v) is 5.28. The monoisotopic (exact) mass is 300 g/mol. The summed E-state index contributed by atoms with van der Waals surface area (Å²) in [6.07, 6.45) is 0.291. The molecule has 0 radical (unpaired) electrons. The average Bonchev–Trinajstić information content (AvgIpc) is 2.23. The van der Waals surface area contributed by atoms with Crippen molar-refractivity contribution in [3.8, 4) is 0 Å². The molecule has 0 saturated carbocycles. The predicted octanol–water partition coefficient (Wildman–Crippen LogP) is 2.78. The van der Waals surface area contributed by atoms with Gasteiger partial charge in [-0.15, -0.1) is 0 Å². The van der Waals surface area contributed by atoms with Gasteiger partial charge in [0.1, 0.15) is 0 Å². The third-order valence-electron chi connectivity index (χ3n) is 2.42. The first kappa shape index (κ1) is 14.0. The van der Waals surface area contributed by atoms with Crippen LogP contribution in [0.15, 0.2) is 22.7 Å². The van der Waals surface area contributed by atoms with Gasteiger partial charge in [-0.1, -0.05) is 0 Å². The third-order valence-corrected chi connectivity index (χ3v) is 3.14. The Balaban J connectivity index is 2.65. The molecular formula is C12H17BrN2O2. The highest BCUT2D eigenvalue weighted by Crippen LogP contribution is 2.23. The molecule has 0 heterocycles. The molecule has 1 rings (SSSR count). The van der Waals surface area contributed by atoms with Gasteiger partial charge < -0.3 is 15.8 Å². The second kappa shape index (κ2) is 5.51. The van der Waals surface area contributed by atoms with Crippen molar-refractivity contribution in [1.82, 2.24) is 0 Å². The molecule has 94 valence electrons. The molecule has 17 heavy (non-hydrogen) atoms. The number of benzene rings is 1. The number of carbonyl (C=O) groups is 1. The molecule has 0 fully saturated rings. The molecule has 0 unspecified atom stereocenters. The fourth-order valence-corrected chi connectivity index (χ4v) is 1.53. The summed E-state index contributed by atoms with van der Waals surface area (Å²) in [7, 11) is 1.59. The van der Waals surface area contributed by atoms with E-state index >= 15 is 0 Å². The molecule has 0 aliphatic rings. The number of nitrogens with two attached hydrogens (primary N) is 1. The number of rotatable bonds is 4. The summed E-state index contributed by atoms with van der Waals surface area (Å²) in [5.41, 5.74) is 6.53. The summed E-state index contributed by atoms with van der Waals surface area (Å²) in [6, 6.07) is 5.30. The van der Waals surface area contributed by atoms with E-state index in [9.17, 15) is 4.79 Å². The summed E-state index contributed by atoms with van der Waals surface area (Å²) < 4.78 is 6.01.